The van der Waals surface area contributed by atoms with Gasteiger partial charge in [-0.3, -0.25) is 9.71 Å². The summed E-state index contributed by atoms with van der Waals surface area (Å²) < 4.78 is 42.6. The minimum absolute atomic E-state index is 0.0752. The van der Waals surface area contributed by atoms with Gasteiger partial charge >= 0.3 is 0 Å². The van der Waals surface area contributed by atoms with E-state index in [1.807, 2.05) is 25.3 Å². The second-order valence-electron chi connectivity index (χ2n) is 8.94. The molecule has 6 rings (SSSR count). The number of ether oxygens (including phenoxy) is 2. The molecule has 37 heavy (non-hydrogen) atoms. The van der Waals surface area contributed by atoms with Gasteiger partial charge in [0.15, 0.2) is 5.65 Å². The zero-order valence-corrected chi connectivity index (χ0v) is 21.1. The highest BCUT2D eigenvalue weighted by molar-refractivity contribution is 7.92. The highest BCUT2D eigenvalue weighted by Gasteiger charge is 2.24. The molecule has 0 radical (unpaired) electrons. The third kappa shape index (κ3) is 4.38. The number of fused-ring (bicyclic) bond motifs is 2. The van der Waals surface area contributed by atoms with Crippen LogP contribution in [0.1, 0.15) is 18.5 Å². The second-order valence-corrected chi connectivity index (χ2v) is 10.7. The zero-order chi connectivity index (χ0) is 25.6. The lowest BCUT2D eigenvalue weighted by molar-refractivity contribution is 0.127. The van der Waals surface area contributed by atoms with Crippen molar-refractivity contribution in [2.24, 2.45) is 0 Å². The summed E-state index contributed by atoms with van der Waals surface area (Å²) in [5.41, 5.74) is 4.91. The number of aromatic nitrogens is 6. The van der Waals surface area contributed by atoms with Gasteiger partial charge in [0.2, 0.25) is 10.0 Å². The summed E-state index contributed by atoms with van der Waals surface area (Å²) in [7, 11) is -2.03. The molecule has 0 saturated carbocycles. The Kier molecular flexibility index (Phi) is 5.76. The van der Waals surface area contributed by atoms with E-state index in [2.05, 4.69) is 19.8 Å². The van der Waals surface area contributed by atoms with Crippen LogP contribution in [0.5, 0.6) is 5.75 Å². The van der Waals surface area contributed by atoms with E-state index in [0.717, 1.165) is 35.0 Å². The van der Waals surface area contributed by atoms with Crippen LogP contribution >= 0.6 is 0 Å². The fourth-order valence-corrected chi connectivity index (χ4v) is 5.97. The number of hydrogen-bond acceptors (Lipinski definition) is 8. The van der Waals surface area contributed by atoms with Crippen LogP contribution < -0.4 is 9.46 Å². The molecule has 1 fully saturated rings. The Morgan fingerprint density at radius 3 is 2.92 bits per heavy atom. The molecule has 1 aliphatic rings. The normalized spacial score (nSPS) is 16.0. The first-order valence-corrected chi connectivity index (χ1v) is 13.5. The van der Waals surface area contributed by atoms with Crippen molar-refractivity contribution >= 4 is 32.3 Å². The van der Waals surface area contributed by atoms with Crippen molar-refractivity contribution in [3.63, 3.8) is 0 Å². The lowest BCUT2D eigenvalue weighted by atomic mass is 10.1. The molecule has 1 aliphatic heterocycles. The van der Waals surface area contributed by atoms with Crippen LogP contribution in [-0.4, -0.2) is 63.4 Å². The van der Waals surface area contributed by atoms with Crippen molar-refractivity contribution < 1.29 is 17.9 Å². The second kappa shape index (κ2) is 9.12. The first kappa shape index (κ1) is 23.4. The van der Waals surface area contributed by atoms with Crippen molar-refractivity contribution in [3.05, 3.63) is 60.8 Å². The number of methoxy groups -OCH3 is 1. The molecule has 5 aromatic rings. The lowest BCUT2D eigenvalue weighted by Crippen LogP contribution is -2.25. The fraction of sp³-hybridized carbons (Fsp3) is 0.280. The Morgan fingerprint density at radius 2 is 2.11 bits per heavy atom. The van der Waals surface area contributed by atoms with Crippen LogP contribution in [0.4, 0.5) is 5.69 Å². The van der Waals surface area contributed by atoms with E-state index in [1.54, 1.807) is 53.1 Å². The van der Waals surface area contributed by atoms with Gasteiger partial charge in [0.1, 0.15) is 11.4 Å². The Bertz CT molecular complexity index is 1720. The Balaban J connectivity index is 1.38. The van der Waals surface area contributed by atoms with Crippen LogP contribution in [0, 0.1) is 6.92 Å². The molecule has 12 heteroatoms. The van der Waals surface area contributed by atoms with Crippen LogP contribution in [0.2, 0.25) is 0 Å². The SMILES string of the molecule is COc1cc(NS(=O)(=O)CC2CCCO2)ccc1-n1nc(C)c2cnc(-c3cnn4cccnc34)cc21. The Labute approximate surface area is 213 Å². The fourth-order valence-electron chi connectivity index (χ4n) is 4.65. The first-order chi connectivity index (χ1) is 17.9. The maximum absolute atomic E-state index is 12.7. The summed E-state index contributed by atoms with van der Waals surface area (Å²) in [6.07, 6.45) is 8.43. The predicted octanol–water partition coefficient (Wildman–Crippen LogP) is 3.37. The number of nitrogens with one attached hydrogen (secondary N) is 1. The largest absolute Gasteiger partial charge is 0.494 e. The van der Waals surface area contributed by atoms with Crippen molar-refractivity contribution in [1.29, 1.82) is 0 Å². The number of nitrogens with zero attached hydrogens (tertiary/aromatic N) is 6. The third-order valence-corrected chi connectivity index (χ3v) is 7.77. The van der Waals surface area contributed by atoms with Crippen molar-refractivity contribution in [2.45, 2.75) is 25.9 Å². The summed E-state index contributed by atoms with van der Waals surface area (Å²) in [4.78, 5) is 9.08. The average molecular weight is 520 g/mol. The summed E-state index contributed by atoms with van der Waals surface area (Å²) in [6.45, 7) is 2.52. The molecular formula is C25H25N7O4S. The quantitative estimate of drug-likeness (QED) is 0.347. The number of benzene rings is 1. The molecule has 1 unspecified atom stereocenters. The molecule has 0 bridgehead atoms. The number of hydrogen-bond donors (Lipinski definition) is 1. The van der Waals surface area contributed by atoms with Gasteiger partial charge in [0.05, 0.1) is 53.3 Å². The minimum Gasteiger partial charge on any atom is -0.494 e. The van der Waals surface area contributed by atoms with Gasteiger partial charge in [0.25, 0.3) is 0 Å². The van der Waals surface area contributed by atoms with Gasteiger partial charge < -0.3 is 9.47 Å². The van der Waals surface area contributed by atoms with E-state index in [0.29, 0.717) is 35.1 Å². The maximum Gasteiger partial charge on any atom is 0.235 e. The van der Waals surface area contributed by atoms with Gasteiger partial charge in [-0.15, -0.1) is 0 Å². The Morgan fingerprint density at radius 1 is 1.22 bits per heavy atom. The van der Waals surface area contributed by atoms with E-state index >= 15 is 0 Å². The monoisotopic (exact) mass is 519 g/mol. The van der Waals surface area contributed by atoms with Crippen LogP contribution in [0.15, 0.2) is 55.1 Å². The molecule has 0 spiro atoms. The predicted molar refractivity (Wildman–Crippen MR) is 139 cm³/mol. The number of sulfonamides is 1. The molecule has 190 valence electrons. The molecule has 1 N–H and O–H groups in total. The molecule has 1 aromatic carbocycles. The minimum atomic E-state index is -3.57. The van der Waals surface area contributed by atoms with Gasteiger partial charge in [-0.25, -0.2) is 22.6 Å². The van der Waals surface area contributed by atoms with Crippen molar-refractivity contribution in [3.8, 4) is 22.7 Å². The Hall–Kier alpha value is -4.03. The molecule has 0 amide bonds. The average Bonchev–Trinajstić information content (AvgIpc) is 3.62. The zero-order valence-electron chi connectivity index (χ0n) is 20.3. The molecule has 4 aromatic heterocycles. The highest BCUT2D eigenvalue weighted by Crippen LogP contribution is 2.32. The number of pyridine rings is 1. The lowest BCUT2D eigenvalue weighted by Gasteiger charge is -2.15. The highest BCUT2D eigenvalue weighted by atomic mass is 32.2. The van der Waals surface area contributed by atoms with Crippen molar-refractivity contribution in [2.75, 3.05) is 24.2 Å². The number of aryl methyl sites for hydroxylation is 1. The summed E-state index contributed by atoms with van der Waals surface area (Å²) in [5, 5.41) is 9.98. The smallest absolute Gasteiger partial charge is 0.235 e. The summed E-state index contributed by atoms with van der Waals surface area (Å²) in [5.74, 6) is 0.395. The van der Waals surface area contributed by atoms with E-state index in [9.17, 15) is 8.42 Å². The van der Waals surface area contributed by atoms with E-state index in [-0.39, 0.29) is 11.9 Å². The summed E-state index contributed by atoms with van der Waals surface area (Å²) >= 11 is 0. The number of anilines is 1. The first-order valence-electron chi connectivity index (χ1n) is 11.9. The van der Waals surface area contributed by atoms with Gasteiger partial charge in [-0.05, 0) is 44.0 Å². The van der Waals surface area contributed by atoms with Crippen LogP contribution in [0.3, 0.4) is 0 Å². The topological polar surface area (TPSA) is 126 Å². The summed E-state index contributed by atoms with van der Waals surface area (Å²) in [6, 6.07) is 8.90. The third-order valence-electron chi connectivity index (χ3n) is 6.42. The number of rotatable bonds is 7. The van der Waals surface area contributed by atoms with E-state index in [1.165, 1.54) is 0 Å². The van der Waals surface area contributed by atoms with Crippen LogP contribution in [0.25, 0.3) is 33.5 Å². The molecule has 1 saturated heterocycles. The molecule has 5 heterocycles. The molecule has 1 atom stereocenters. The van der Waals surface area contributed by atoms with E-state index < -0.39 is 10.0 Å². The van der Waals surface area contributed by atoms with Gasteiger partial charge in [-0.1, -0.05) is 0 Å². The van der Waals surface area contributed by atoms with E-state index in [4.69, 9.17) is 14.6 Å². The standard InChI is InChI=1S/C25H25N7O4S/c1-16-19-13-27-21(20-14-28-31-9-4-8-26-25(20)31)12-23(19)32(29-16)22-7-6-17(11-24(22)35-2)30-37(33,34)15-18-5-3-10-36-18/h4,6-9,11-14,18,30H,3,5,10,15H2,1-2H3. The molecule has 11 nitrogen and oxygen atoms in total. The van der Waals surface area contributed by atoms with Gasteiger partial charge in [-0.2, -0.15) is 10.2 Å². The van der Waals surface area contributed by atoms with Crippen molar-refractivity contribution in [1.82, 2.24) is 29.4 Å². The maximum atomic E-state index is 12.7. The molecular weight excluding hydrogens is 494 g/mol. The van der Waals surface area contributed by atoms with Crippen LogP contribution in [-0.2, 0) is 14.8 Å². The molecule has 0 aliphatic carbocycles. The van der Waals surface area contributed by atoms with Gasteiger partial charge in [0, 0.05) is 36.7 Å².